The minimum absolute atomic E-state index is 0.0518. The maximum atomic E-state index is 13.5. The number of benzene rings is 3. The van der Waals surface area contributed by atoms with E-state index in [0.29, 0.717) is 18.4 Å². The smallest absolute Gasteiger partial charge is 0.334 e. The van der Waals surface area contributed by atoms with E-state index in [1.165, 1.54) is 10.4 Å². The maximum absolute atomic E-state index is 13.5. The van der Waals surface area contributed by atoms with E-state index in [-0.39, 0.29) is 34.6 Å². The third-order valence-corrected chi connectivity index (χ3v) is 16.5. The summed E-state index contributed by atoms with van der Waals surface area (Å²) in [6, 6.07) is 28.0. The standard InChI is InChI=1S/C34H42N2O4SSi/c1-25-15-18-29(19-16-25)41(38,39)35-23-28-22-27-21-26(17-20-32(27)36(28)33(35)37)24-40-42(34(2,3)4,30-11-7-5-8-12-30)31-13-9-6-10-14-31/h5-16,18-19,26-28,32H,17,20-24H2,1-4H3/t26-,27+,28+,32-/m0/s1. The molecule has 3 aromatic carbocycles. The molecule has 0 radical (unpaired) electrons. The van der Waals surface area contributed by atoms with Crippen molar-refractivity contribution in [2.24, 2.45) is 11.8 Å². The van der Waals surface area contributed by atoms with Crippen LogP contribution in [0.15, 0.2) is 89.8 Å². The molecule has 6 nitrogen and oxygen atoms in total. The molecule has 2 aliphatic heterocycles. The first-order chi connectivity index (χ1) is 20.0. The summed E-state index contributed by atoms with van der Waals surface area (Å²) in [7, 11) is -6.46. The molecule has 0 bridgehead atoms. The number of urea groups is 1. The van der Waals surface area contributed by atoms with Gasteiger partial charge in [-0.1, -0.05) is 99.1 Å². The Morgan fingerprint density at radius 3 is 2.02 bits per heavy atom. The molecule has 0 unspecified atom stereocenters. The van der Waals surface area contributed by atoms with Crippen molar-refractivity contribution < 1.29 is 17.6 Å². The fraction of sp³-hybridized carbons (Fsp3) is 0.441. The van der Waals surface area contributed by atoms with Gasteiger partial charge in [0.25, 0.3) is 18.3 Å². The summed E-state index contributed by atoms with van der Waals surface area (Å²) >= 11 is 0. The Kier molecular flexibility index (Phi) is 7.60. The molecule has 3 aliphatic rings. The van der Waals surface area contributed by atoms with E-state index in [2.05, 4.69) is 81.4 Å². The van der Waals surface area contributed by atoms with Crippen LogP contribution >= 0.6 is 0 Å². The van der Waals surface area contributed by atoms with Crippen LogP contribution in [0.25, 0.3) is 0 Å². The number of carbonyl (C=O) groups excluding carboxylic acids is 1. The molecule has 2 heterocycles. The van der Waals surface area contributed by atoms with Gasteiger partial charge in [0, 0.05) is 12.6 Å². The van der Waals surface area contributed by atoms with Crippen molar-refractivity contribution >= 4 is 34.7 Å². The molecule has 1 aliphatic carbocycles. The number of sulfonamides is 1. The second kappa shape index (κ2) is 11.0. The number of aryl methyl sites for hydroxylation is 1. The normalized spacial score (nSPS) is 24.5. The Bertz CT molecular complexity index is 1480. The Labute approximate surface area is 251 Å². The average Bonchev–Trinajstić information content (AvgIpc) is 3.50. The lowest BCUT2D eigenvalue weighted by Crippen LogP contribution is -2.67. The molecule has 3 aromatic rings. The first-order valence-electron chi connectivity index (χ1n) is 15.2. The van der Waals surface area contributed by atoms with Gasteiger partial charge in [-0.15, -0.1) is 0 Å². The fourth-order valence-corrected chi connectivity index (χ4v) is 13.8. The van der Waals surface area contributed by atoms with Gasteiger partial charge in [-0.05, 0) is 72.0 Å². The van der Waals surface area contributed by atoms with Gasteiger partial charge in [0.05, 0.1) is 17.5 Å². The Balaban J connectivity index is 1.18. The number of fused-ring (bicyclic) bond motifs is 3. The molecule has 3 fully saturated rings. The molecular weight excluding hydrogens is 561 g/mol. The summed E-state index contributed by atoms with van der Waals surface area (Å²) in [6.45, 7) is 9.79. The van der Waals surface area contributed by atoms with Gasteiger partial charge in [0.1, 0.15) is 0 Å². The SMILES string of the molecule is Cc1ccc(S(=O)(=O)N2C[C@H]3C[C@H]4C[C@@H](CO[Si](c5ccccc5)(c5ccccc5)C(C)(C)C)CC[C@@H]4N3C2=O)cc1. The number of nitrogens with zero attached hydrogens (tertiary/aromatic N) is 2. The summed E-state index contributed by atoms with van der Waals surface area (Å²) in [5.41, 5.74) is 0.987. The molecule has 8 heteroatoms. The van der Waals surface area contributed by atoms with E-state index in [1.807, 2.05) is 11.8 Å². The van der Waals surface area contributed by atoms with Crippen LogP contribution in [0.4, 0.5) is 4.79 Å². The van der Waals surface area contributed by atoms with E-state index < -0.39 is 18.3 Å². The molecule has 1 saturated carbocycles. The minimum atomic E-state index is -3.86. The number of amides is 2. The van der Waals surface area contributed by atoms with Gasteiger partial charge in [-0.2, -0.15) is 0 Å². The Morgan fingerprint density at radius 1 is 0.857 bits per heavy atom. The van der Waals surface area contributed by atoms with Gasteiger partial charge < -0.3 is 9.33 Å². The van der Waals surface area contributed by atoms with Crippen molar-refractivity contribution in [2.75, 3.05) is 13.2 Å². The third-order valence-electron chi connectivity index (χ3n) is 9.75. The molecule has 0 aromatic heterocycles. The maximum Gasteiger partial charge on any atom is 0.334 e. The highest BCUT2D eigenvalue weighted by atomic mass is 32.2. The molecule has 6 rings (SSSR count). The molecule has 4 atom stereocenters. The van der Waals surface area contributed by atoms with Gasteiger partial charge >= 0.3 is 6.03 Å². The molecule has 2 saturated heterocycles. The van der Waals surface area contributed by atoms with Crippen LogP contribution in [-0.2, 0) is 14.4 Å². The van der Waals surface area contributed by atoms with Crippen molar-refractivity contribution in [1.29, 1.82) is 0 Å². The highest BCUT2D eigenvalue weighted by Gasteiger charge is 2.55. The van der Waals surface area contributed by atoms with Crippen molar-refractivity contribution in [2.45, 2.75) is 75.4 Å². The first kappa shape index (κ1) is 29.1. The lowest BCUT2D eigenvalue weighted by molar-refractivity contribution is 0.124. The zero-order valence-electron chi connectivity index (χ0n) is 25.1. The second-order valence-corrected chi connectivity index (χ2v) is 19.6. The van der Waals surface area contributed by atoms with E-state index in [4.69, 9.17) is 4.43 Å². The zero-order chi connectivity index (χ0) is 29.7. The van der Waals surface area contributed by atoms with Gasteiger partial charge in [-0.25, -0.2) is 17.5 Å². The van der Waals surface area contributed by atoms with E-state index >= 15 is 0 Å². The second-order valence-electron chi connectivity index (χ2n) is 13.4. The monoisotopic (exact) mass is 602 g/mol. The largest absolute Gasteiger partial charge is 0.407 e. The lowest BCUT2D eigenvalue weighted by Gasteiger charge is -2.44. The van der Waals surface area contributed by atoms with Crippen molar-refractivity contribution in [3.8, 4) is 0 Å². The third kappa shape index (κ3) is 4.91. The molecule has 222 valence electrons. The van der Waals surface area contributed by atoms with Crippen LogP contribution in [0.3, 0.4) is 0 Å². The number of hydrogen-bond acceptors (Lipinski definition) is 4. The van der Waals surface area contributed by atoms with Crippen LogP contribution in [0.1, 0.15) is 52.0 Å². The quantitative estimate of drug-likeness (QED) is 0.333. The highest BCUT2D eigenvalue weighted by Crippen LogP contribution is 2.46. The topological polar surface area (TPSA) is 66.9 Å². The predicted octanol–water partition coefficient (Wildman–Crippen LogP) is 5.56. The first-order valence-corrected chi connectivity index (χ1v) is 18.5. The Hall–Kier alpha value is -2.94. The molecule has 0 spiro atoms. The van der Waals surface area contributed by atoms with Crippen LogP contribution in [-0.4, -0.2) is 57.2 Å². The molecule has 2 amide bonds. The van der Waals surface area contributed by atoms with Crippen LogP contribution < -0.4 is 10.4 Å². The predicted molar refractivity (Wildman–Crippen MR) is 169 cm³/mol. The van der Waals surface area contributed by atoms with Gasteiger partial charge in [0.2, 0.25) is 0 Å². The number of hydrogen-bond donors (Lipinski definition) is 0. The van der Waals surface area contributed by atoms with Gasteiger partial charge in [0.15, 0.2) is 0 Å². The lowest BCUT2D eigenvalue weighted by atomic mass is 9.78. The van der Waals surface area contributed by atoms with E-state index in [0.717, 1.165) is 35.6 Å². The summed E-state index contributed by atoms with van der Waals surface area (Å²) in [5.74, 6) is 0.792. The zero-order valence-corrected chi connectivity index (χ0v) is 26.9. The molecule has 42 heavy (non-hydrogen) atoms. The average molecular weight is 603 g/mol. The van der Waals surface area contributed by atoms with Crippen molar-refractivity contribution in [3.63, 3.8) is 0 Å². The minimum Gasteiger partial charge on any atom is -0.407 e. The van der Waals surface area contributed by atoms with E-state index in [9.17, 15) is 13.2 Å². The van der Waals surface area contributed by atoms with Gasteiger partial charge in [-0.3, -0.25) is 0 Å². The summed E-state index contributed by atoms with van der Waals surface area (Å²) in [4.78, 5) is 15.6. The summed E-state index contributed by atoms with van der Waals surface area (Å²) in [5, 5.41) is 2.51. The van der Waals surface area contributed by atoms with Crippen molar-refractivity contribution in [1.82, 2.24) is 9.21 Å². The Morgan fingerprint density at radius 2 is 1.45 bits per heavy atom. The number of carbonyl (C=O) groups is 1. The van der Waals surface area contributed by atoms with Crippen LogP contribution in [0.5, 0.6) is 0 Å². The summed E-state index contributed by atoms with van der Waals surface area (Å²) in [6.07, 6.45) is 3.72. The van der Waals surface area contributed by atoms with Crippen LogP contribution in [0, 0.1) is 18.8 Å². The molecular formula is C34H42N2O4SSi. The molecule has 0 N–H and O–H groups in total. The van der Waals surface area contributed by atoms with E-state index in [1.54, 1.807) is 24.3 Å². The number of rotatable bonds is 7. The van der Waals surface area contributed by atoms with Crippen molar-refractivity contribution in [3.05, 3.63) is 90.5 Å². The van der Waals surface area contributed by atoms with Crippen LogP contribution in [0.2, 0.25) is 5.04 Å². The fourth-order valence-electron chi connectivity index (χ4n) is 7.75. The highest BCUT2D eigenvalue weighted by molar-refractivity contribution is 7.89. The summed E-state index contributed by atoms with van der Waals surface area (Å²) < 4.78 is 35.1.